The van der Waals surface area contributed by atoms with Crippen molar-refractivity contribution >= 4 is 28.7 Å². The Balaban J connectivity index is 1.32. The van der Waals surface area contributed by atoms with Crippen LogP contribution in [0.4, 0.5) is 4.79 Å². The first-order chi connectivity index (χ1) is 12.6. The summed E-state index contributed by atoms with van der Waals surface area (Å²) in [6.45, 7) is 1.07. The molecule has 1 aliphatic carbocycles. The maximum atomic E-state index is 12.8. The van der Waals surface area contributed by atoms with Gasteiger partial charge in [-0.1, -0.05) is 18.2 Å². The molecular weight excluding hydrogens is 332 g/mol. The molecule has 4 amide bonds. The van der Waals surface area contributed by atoms with E-state index in [1.165, 1.54) is 5.69 Å². The number of carbonyl (C=O) groups is 3. The third-order valence-corrected chi connectivity index (χ3v) is 5.60. The number of hydrogen-bond donors (Lipinski definition) is 1. The number of hydrogen-bond acceptors (Lipinski definition) is 3. The minimum Gasteiger partial charge on any atom is -0.358 e. The van der Waals surface area contributed by atoms with Crippen LogP contribution in [0.25, 0.3) is 10.9 Å². The minimum absolute atomic E-state index is 0.114. The van der Waals surface area contributed by atoms with Gasteiger partial charge >= 0.3 is 6.03 Å². The molecule has 1 aromatic carbocycles. The number of aromatic amines is 1. The van der Waals surface area contributed by atoms with Crippen LogP contribution in [0.5, 0.6) is 0 Å². The zero-order valence-corrected chi connectivity index (χ0v) is 14.4. The van der Waals surface area contributed by atoms with E-state index < -0.39 is 0 Å². The summed E-state index contributed by atoms with van der Waals surface area (Å²) in [7, 11) is 0. The highest BCUT2D eigenvalue weighted by atomic mass is 16.2. The number of carbonyl (C=O) groups excluding carboxylic acids is 3. The monoisotopic (exact) mass is 352 g/mol. The van der Waals surface area contributed by atoms with Gasteiger partial charge in [0.25, 0.3) is 5.91 Å². The van der Waals surface area contributed by atoms with Gasteiger partial charge in [0.2, 0.25) is 5.91 Å². The van der Waals surface area contributed by atoms with E-state index >= 15 is 0 Å². The van der Waals surface area contributed by atoms with Gasteiger partial charge in [-0.05, 0) is 18.9 Å². The Hall–Kier alpha value is -2.83. The lowest BCUT2D eigenvalue weighted by Gasteiger charge is -2.28. The Kier molecular flexibility index (Phi) is 3.32. The van der Waals surface area contributed by atoms with Crippen molar-refractivity contribution in [3.8, 4) is 0 Å². The number of imide groups is 1. The SMILES string of the molecule is O=C(CN1C(=O)CN(C2CC2)C1=O)N1CCc2[nH]c3ccccc3c2C1. The molecule has 2 aliphatic heterocycles. The summed E-state index contributed by atoms with van der Waals surface area (Å²) in [5.74, 6) is -0.430. The van der Waals surface area contributed by atoms with Gasteiger partial charge in [-0.25, -0.2) is 4.79 Å². The van der Waals surface area contributed by atoms with Crippen molar-refractivity contribution < 1.29 is 14.4 Å². The molecule has 7 heteroatoms. The number of rotatable bonds is 3. The number of fused-ring (bicyclic) bond motifs is 3. The van der Waals surface area contributed by atoms with Gasteiger partial charge in [0.15, 0.2) is 0 Å². The number of urea groups is 1. The van der Waals surface area contributed by atoms with Gasteiger partial charge in [-0.15, -0.1) is 0 Å². The fourth-order valence-corrected chi connectivity index (χ4v) is 4.00. The second-order valence-electron chi connectivity index (χ2n) is 7.31. The molecule has 26 heavy (non-hydrogen) atoms. The highest BCUT2D eigenvalue weighted by Gasteiger charge is 2.44. The van der Waals surface area contributed by atoms with Crippen LogP contribution in [0.2, 0.25) is 0 Å². The molecule has 0 bridgehead atoms. The maximum Gasteiger partial charge on any atom is 0.327 e. The van der Waals surface area contributed by atoms with Crippen LogP contribution in [0, 0.1) is 0 Å². The van der Waals surface area contributed by atoms with E-state index in [1.54, 1.807) is 9.80 Å². The maximum absolute atomic E-state index is 12.8. The van der Waals surface area contributed by atoms with Gasteiger partial charge in [-0.3, -0.25) is 14.5 Å². The van der Waals surface area contributed by atoms with E-state index in [2.05, 4.69) is 11.1 Å². The topological polar surface area (TPSA) is 76.7 Å². The Bertz CT molecular complexity index is 930. The first-order valence-corrected chi connectivity index (χ1v) is 9.09. The van der Waals surface area contributed by atoms with Crippen LogP contribution in [-0.2, 0) is 22.6 Å². The van der Waals surface area contributed by atoms with Crippen molar-refractivity contribution in [2.45, 2.75) is 31.8 Å². The number of para-hydroxylation sites is 1. The van der Waals surface area contributed by atoms with Gasteiger partial charge in [-0.2, -0.15) is 0 Å². The molecule has 1 aromatic heterocycles. The van der Waals surface area contributed by atoms with Crippen LogP contribution < -0.4 is 0 Å². The van der Waals surface area contributed by atoms with Crippen molar-refractivity contribution in [2.24, 2.45) is 0 Å². The third kappa shape index (κ3) is 2.38. The molecule has 0 unspecified atom stereocenters. The fraction of sp³-hybridized carbons (Fsp3) is 0.421. The second-order valence-corrected chi connectivity index (χ2v) is 7.31. The molecule has 2 fully saturated rings. The number of nitrogens with one attached hydrogen (secondary N) is 1. The van der Waals surface area contributed by atoms with Crippen LogP contribution in [-0.4, -0.2) is 63.2 Å². The number of benzene rings is 1. The Labute approximate surface area is 150 Å². The molecule has 0 radical (unpaired) electrons. The normalized spacial score (nSPS) is 20.2. The first-order valence-electron chi connectivity index (χ1n) is 9.09. The molecule has 134 valence electrons. The molecule has 3 heterocycles. The molecule has 7 nitrogen and oxygen atoms in total. The molecule has 1 N–H and O–H groups in total. The standard InChI is InChI=1S/C19H20N4O3/c24-17(10-23-18(25)11-22(19(23)26)12-5-6-12)21-8-7-16-14(9-21)13-3-1-2-4-15(13)20-16/h1-4,12,20H,5-11H2. The van der Waals surface area contributed by atoms with Gasteiger partial charge in [0, 0.05) is 47.7 Å². The third-order valence-electron chi connectivity index (χ3n) is 5.60. The summed E-state index contributed by atoms with van der Waals surface area (Å²) in [6, 6.07) is 7.95. The highest BCUT2D eigenvalue weighted by Crippen LogP contribution is 2.31. The van der Waals surface area contributed by atoms with Crippen LogP contribution in [0.15, 0.2) is 24.3 Å². The van der Waals surface area contributed by atoms with E-state index in [9.17, 15) is 14.4 Å². The zero-order chi connectivity index (χ0) is 17.8. The quantitative estimate of drug-likeness (QED) is 0.850. The number of aromatic nitrogens is 1. The van der Waals surface area contributed by atoms with E-state index in [4.69, 9.17) is 0 Å². The lowest BCUT2D eigenvalue weighted by atomic mass is 10.0. The van der Waals surface area contributed by atoms with Crippen LogP contribution >= 0.6 is 0 Å². The van der Waals surface area contributed by atoms with Crippen LogP contribution in [0.3, 0.4) is 0 Å². The van der Waals surface area contributed by atoms with Gasteiger partial charge in [0.1, 0.15) is 13.1 Å². The lowest BCUT2D eigenvalue weighted by Crippen LogP contribution is -2.45. The van der Waals surface area contributed by atoms with Crippen molar-refractivity contribution in [1.82, 2.24) is 19.7 Å². The predicted octanol–water partition coefficient (Wildman–Crippen LogP) is 1.48. The van der Waals surface area contributed by atoms with Crippen molar-refractivity contribution in [3.63, 3.8) is 0 Å². The minimum atomic E-state index is -0.310. The summed E-state index contributed by atoms with van der Waals surface area (Å²) in [5, 5.41) is 1.13. The first kappa shape index (κ1) is 15.4. The average molecular weight is 352 g/mol. The summed E-state index contributed by atoms with van der Waals surface area (Å²) in [4.78, 5) is 45.2. The number of nitrogens with zero attached hydrogens (tertiary/aromatic N) is 3. The molecule has 0 spiro atoms. The summed E-state index contributed by atoms with van der Waals surface area (Å²) in [5.41, 5.74) is 3.39. The second kappa shape index (κ2) is 5.59. The predicted molar refractivity (Wildman–Crippen MR) is 94.3 cm³/mol. The molecule has 3 aliphatic rings. The number of H-pyrrole nitrogens is 1. The average Bonchev–Trinajstić information content (AvgIpc) is 3.37. The largest absolute Gasteiger partial charge is 0.358 e. The zero-order valence-electron chi connectivity index (χ0n) is 14.4. The van der Waals surface area contributed by atoms with E-state index in [1.807, 2.05) is 18.2 Å². The summed E-state index contributed by atoms with van der Waals surface area (Å²) >= 11 is 0. The van der Waals surface area contributed by atoms with Crippen molar-refractivity contribution in [3.05, 3.63) is 35.5 Å². The van der Waals surface area contributed by atoms with Gasteiger partial charge in [0.05, 0.1) is 0 Å². The summed E-state index contributed by atoms with van der Waals surface area (Å²) in [6.07, 6.45) is 2.67. The molecule has 0 atom stereocenters. The molecular formula is C19H20N4O3. The molecule has 5 rings (SSSR count). The smallest absolute Gasteiger partial charge is 0.327 e. The van der Waals surface area contributed by atoms with Gasteiger partial charge < -0.3 is 14.8 Å². The van der Waals surface area contributed by atoms with Crippen molar-refractivity contribution in [2.75, 3.05) is 19.6 Å². The molecule has 2 aromatic rings. The summed E-state index contributed by atoms with van der Waals surface area (Å²) < 4.78 is 0. The van der Waals surface area contributed by atoms with E-state index in [0.717, 1.165) is 40.6 Å². The molecule has 1 saturated heterocycles. The van der Waals surface area contributed by atoms with E-state index in [0.29, 0.717) is 13.1 Å². The Morgan fingerprint density at radius 3 is 2.77 bits per heavy atom. The molecule has 1 saturated carbocycles. The Morgan fingerprint density at radius 1 is 1.15 bits per heavy atom. The Morgan fingerprint density at radius 2 is 1.96 bits per heavy atom. The lowest BCUT2D eigenvalue weighted by molar-refractivity contribution is -0.137. The van der Waals surface area contributed by atoms with E-state index in [-0.39, 0.29) is 37.0 Å². The highest BCUT2D eigenvalue weighted by molar-refractivity contribution is 6.04. The van der Waals surface area contributed by atoms with Crippen molar-refractivity contribution in [1.29, 1.82) is 0 Å². The number of amides is 4. The van der Waals surface area contributed by atoms with Crippen LogP contribution in [0.1, 0.15) is 24.1 Å². The fourth-order valence-electron chi connectivity index (χ4n) is 4.00.